The number of nitrogens with one attached hydrogen (secondary N) is 2. The molecule has 0 aliphatic rings. The molecule has 7 heteroatoms. The van der Waals surface area contributed by atoms with Crippen molar-refractivity contribution >= 4 is 17.7 Å². The quantitative estimate of drug-likeness (QED) is 0.742. The molecule has 25 heavy (non-hydrogen) atoms. The second-order valence-corrected chi connectivity index (χ2v) is 5.77. The van der Waals surface area contributed by atoms with Crippen LogP contribution in [0.25, 0.3) is 0 Å². The van der Waals surface area contributed by atoms with Crippen LogP contribution in [0.2, 0.25) is 0 Å². The van der Waals surface area contributed by atoms with Crippen molar-refractivity contribution in [2.45, 2.75) is 26.8 Å². The van der Waals surface area contributed by atoms with Crippen LogP contribution in [0, 0.1) is 13.8 Å². The Balaban J connectivity index is 1.76. The van der Waals surface area contributed by atoms with Gasteiger partial charge >= 0.3 is 0 Å². The standard InChI is InChI=1S/C18H19N5O2/c1-11-9-15(17(24)20-13(3)14-7-5-4-6-8-14)21-18(19-11)22-16-10-12(2)25-23-16/h4-10,13H,1-3H3,(H,20,24)(H,19,21,22,23). The lowest BCUT2D eigenvalue weighted by molar-refractivity contribution is 0.0934. The Morgan fingerprint density at radius 1 is 1.12 bits per heavy atom. The van der Waals surface area contributed by atoms with Crippen LogP contribution in [0.4, 0.5) is 11.8 Å². The largest absolute Gasteiger partial charge is 0.360 e. The molecule has 1 aromatic carbocycles. The molecule has 0 spiro atoms. The van der Waals surface area contributed by atoms with Gasteiger partial charge in [-0.3, -0.25) is 4.79 Å². The van der Waals surface area contributed by atoms with Crippen LogP contribution >= 0.6 is 0 Å². The van der Waals surface area contributed by atoms with Crippen LogP contribution < -0.4 is 10.6 Å². The normalized spacial score (nSPS) is 11.8. The summed E-state index contributed by atoms with van der Waals surface area (Å²) in [6, 6.07) is 13.0. The maximum Gasteiger partial charge on any atom is 0.270 e. The molecule has 0 aliphatic carbocycles. The van der Waals surface area contributed by atoms with E-state index in [2.05, 4.69) is 25.8 Å². The molecule has 2 N–H and O–H groups in total. The van der Waals surface area contributed by atoms with Gasteiger partial charge in [-0.05, 0) is 32.4 Å². The number of aryl methyl sites for hydroxylation is 2. The van der Waals surface area contributed by atoms with Crippen LogP contribution in [0.1, 0.15) is 40.5 Å². The summed E-state index contributed by atoms with van der Waals surface area (Å²) < 4.78 is 5.00. The molecule has 0 aliphatic heterocycles. The first-order chi connectivity index (χ1) is 12.0. The molecule has 0 saturated heterocycles. The lowest BCUT2D eigenvalue weighted by Crippen LogP contribution is -2.27. The van der Waals surface area contributed by atoms with Crippen LogP contribution in [0.15, 0.2) is 47.0 Å². The molecular formula is C18H19N5O2. The summed E-state index contributed by atoms with van der Waals surface area (Å²) in [6.07, 6.45) is 0. The summed E-state index contributed by atoms with van der Waals surface area (Å²) in [5.41, 5.74) is 1.99. The van der Waals surface area contributed by atoms with E-state index in [0.717, 1.165) is 5.56 Å². The van der Waals surface area contributed by atoms with Gasteiger partial charge < -0.3 is 15.2 Å². The van der Waals surface area contributed by atoms with E-state index in [9.17, 15) is 4.79 Å². The monoisotopic (exact) mass is 337 g/mol. The van der Waals surface area contributed by atoms with E-state index in [1.165, 1.54) is 0 Å². The Morgan fingerprint density at radius 3 is 2.56 bits per heavy atom. The SMILES string of the molecule is Cc1cc(C(=O)NC(C)c2ccccc2)nc(Nc2cc(C)on2)n1. The van der Waals surface area contributed by atoms with Crippen LogP contribution in [-0.4, -0.2) is 21.0 Å². The Morgan fingerprint density at radius 2 is 1.88 bits per heavy atom. The molecule has 7 nitrogen and oxygen atoms in total. The minimum atomic E-state index is -0.263. The molecule has 1 amide bonds. The zero-order chi connectivity index (χ0) is 17.8. The minimum Gasteiger partial charge on any atom is -0.360 e. The van der Waals surface area contributed by atoms with Gasteiger partial charge in [0.2, 0.25) is 5.95 Å². The fourth-order valence-corrected chi connectivity index (χ4v) is 2.38. The predicted molar refractivity (Wildman–Crippen MR) is 93.6 cm³/mol. The number of benzene rings is 1. The highest BCUT2D eigenvalue weighted by Gasteiger charge is 2.15. The van der Waals surface area contributed by atoms with Gasteiger partial charge in [0.05, 0.1) is 6.04 Å². The van der Waals surface area contributed by atoms with Gasteiger partial charge in [-0.25, -0.2) is 9.97 Å². The smallest absolute Gasteiger partial charge is 0.270 e. The number of hydrogen-bond donors (Lipinski definition) is 2. The summed E-state index contributed by atoms with van der Waals surface area (Å²) in [5.74, 6) is 1.20. The molecular weight excluding hydrogens is 318 g/mol. The van der Waals surface area contributed by atoms with Gasteiger partial charge in [-0.2, -0.15) is 0 Å². The molecule has 0 saturated carbocycles. The lowest BCUT2D eigenvalue weighted by Gasteiger charge is -2.14. The van der Waals surface area contributed by atoms with E-state index in [4.69, 9.17) is 4.52 Å². The second kappa shape index (κ2) is 7.12. The van der Waals surface area contributed by atoms with Gasteiger partial charge in [0, 0.05) is 11.8 Å². The zero-order valence-corrected chi connectivity index (χ0v) is 14.3. The van der Waals surface area contributed by atoms with E-state index in [1.54, 1.807) is 26.0 Å². The minimum absolute atomic E-state index is 0.126. The highest BCUT2D eigenvalue weighted by molar-refractivity contribution is 5.93. The summed E-state index contributed by atoms with van der Waals surface area (Å²) in [5, 5.41) is 9.72. The molecule has 1 unspecified atom stereocenters. The van der Waals surface area contributed by atoms with Gasteiger partial charge in [0.25, 0.3) is 5.91 Å². The number of carbonyl (C=O) groups excluding carboxylic acids is 1. The van der Waals surface area contributed by atoms with Gasteiger partial charge in [0.15, 0.2) is 5.82 Å². The predicted octanol–water partition coefficient (Wildman–Crippen LogP) is 3.32. The van der Waals surface area contributed by atoms with Crippen molar-refractivity contribution in [1.82, 2.24) is 20.4 Å². The van der Waals surface area contributed by atoms with Gasteiger partial charge in [-0.15, -0.1) is 0 Å². The lowest BCUT2D eigenvalue weighted by atomic mass is 10.1. The summed E-state index contributed by atoms with van der Waals surface area (Å²) in [6.45, 7) is 5.52. The van der Waals surface area contributed by atoms with Crippen molar-refractivity contribution in [3.05, 3.63) is 65.2 Å². The van der Waals surface area contributed by atoms with Crippen molar-refractivity contribution in [3.8, 4) is 0 Å². The van der Waals surface area contributed by atoms with Crippen LogP contribution in [0.5, 0.6) is 0 Å². The number of rotatable bonds is 5. The highest BCUT2D eigenvalue weighted by atomic mass is 16.5. The molecule has 0 bridgehead atoms. The molecule has 0 radical (unpaired) electrons. The Bertz CT molecular complexity index is 876. The number of aromatic nitrogens is 3. The third-order valence-corrected chi connectivity index (χ3v) is 3.60. The average Bonchev–Trinajstić information content (AvgIpc) is 3.00. The summed E-state index contributed by atoms with van der Waals surface area (Å²) >= 11 is 0. The summed E-state index contributed by atoms with van der Waals surface area (Å²) in [7, 11) is 0. The van der Waals surface area contributed by atoms with Gasteiger partial charge in [0.1, 0.15) is 11.5 Å². The van der Waals surface area contributed by atoms with E-state index in [1.807, 2.05) is 37.3 Å². The first kappa shape index (κ1) is 16.6. The van der Waals surface area contributed by atoms with E-state index >= 15 is 0 Å². The van der Waals surface area contributed by atoms with E-state index in [-0.39, 0.29) is 17.6 Å². The number of amides is 1. The molecule has 2 aromatic heterocycles. The van der Waals surface area contributed by atoms with Crippen molar-refractivity contribution in [1.29, 1.82) is 0 Å². The fourth-order valence-electron chi connectivity index (χ4n) is 2.38. The number of hydrogen-bond acceptors (Lipinski definition) is 6. The molecule has 128 valence electrons. The second-order valence-electron chi connectivity index (χ2n) is 5.77. The molecule has 2 heterocycles. The van der Waals surface area contributed by atoms with Crippen molar-refractivity contribution < 1.29 is 9.32 Å². The van der Waals surface area contributed by atoms with Gasteiger partial charge in [-0.1, -0.05) is 35.5 Å². The zero-order valence-electron chi connectivity index (χ0n) is 14.3. The third-order valence-electron chi connectivity index (χ3n) is 3.60. The third kappa shape index (κ3) is 4.20. The van der Waals surface area contributed by atoms with E-state index in [0.29, 0.717) is 23.2 Å². The Hall–Kier alpha value is -3.22. The van der Waals surface area contributed by atoms with Crippen LogP contribution in [0.3, 0.4) is 0 Å². The number of anilines is 2. The maximum atomic E-state index is 12.5. The van der Waals surface area contributed by atoms with Crippen molar-refractivity contribution in [2.75, 3.05) is 5.32 Å². The number of carbonyl (C=O) groups is 1. The fraction of sp³-hybridized carbons (Fsp3) is 0.222. The van der Waals surface area contributed by atoms with Crippen molar-refractivity contribution in [3.63, 3.8) is 0 Å². The molecule has 1 atom stereocenters. The maximum absolute atomic E-state index is 12.5. The first-order valence-corrected chi connectivity index (χ1v) is 7.93. The average molecular weight is 337 g/mol. The van der Waals surface area contributed by atoms with Crippen molar-refractivity contribution in [2.24, 2.45) is 0 Å². The summed E-state index contributed by atoms with van der Waals surface area (Å²) in [4.78, 5) is 21.1. The highest BCUT2D eigenvalue weighted by Crippen LogP contribution is 2.15. The van der Waals surface area contributed by atoms with Crippen LogP contribution in [-0.2, 0) is 0 Å². The topological polar surface area (TPSA) is 92.9 Å². The number of nitrogens with zero attached hydrogens (tertiary/aromatic N) is 3. The molecule has 3 aromatic rings. The Labute approximate surface area is 145 Å². The molecule has 3 rings (SSSR count). The first-order valence-electron chi connectivity index (χ1n) is 7.93. The van der Waals surface area contributed by atoms with E-state index < -0.39 is 0 Å². The molecule has 0 fully saturated rings. The Kier molecular flexibility index (Phi) is 4.74.